The highest BCUT2D eigenvalue weighted by molar-refractivity contribution is 5.94. The van der Waals surface area contributed by atoms with Crippen LogP contribution in [0.2, 0.25) is 0 Å². The van der Waals surface area contributed by atoms with Crippen molar-refractivity contribution in [3.8, 4) is 11.4 Å². The van der Waals surface area contributed by atoms with Gasteiger partial charge in [0.2, 0.25) is 11.7 Å². The molecule has 0 spiro atoms. The van der Waals surface area contributed by atoms with Crippen molar-refractivity contribution < 1.29 is 13.7 Å². The monoisotopic (exact) mass is 351 g/mol. The van der Waals surface area contributed by atoms with Gasteiger partial charge in [-0.25, -0.2) is 4.39 Å². The quantitative estimate of drug-likeness (QED) is 0.718. The molecule has 0 unspecified atom stereocenters. The molecule has 3 aromatic rings. The number of carbonyl (C=O) groups excluding carboxylic acids is 1. The van der Waals surface area contributed by atoms with E-state index in [1.54, 1.807) is 12.1 Å². The zero-order chi connectivity index (χ0) is 17.9. The molecule has 0 saturated carbocycles. The summed E-state index contributed by atoms with van der Waals surface area (Å²) < 4.78 is 18.4. The maximum atomic E-state index is 13.0. The lowest BCUT2D eigenvalue weighted by Gasteiger charge is -2.30. The number of benzene rings is 2. The van der Waals surface area contributed by atoms with Crippen LogP contribution in [0.15, 0.2) is 59.1 Å². The second-order valence-electron chi connectivity index (χ2n) is 6.40. The van der Waals surface area contributed by atoms with Crippen LogP contribution in [0.4, 0.5) is 4.39 Å². The van der Waals surface area contributed by atoms with Crippen LogP contribution in [0.1, 0.15) is 35.0 Å². The molecule has 0 radical (unpaired) electrons. The zero-order valence-electron chi connectivity index (χ0n) is 14.1. The van der Waals surface area contributed by atoms with Crippen molar-refractivity contribution in [2.24, 2.45) is 0 Å². The minimum Gasteiger partial charge on any atom is -0.339 e. The molecule has 1 aromatic heterocycles. The predicted molar refractivity (Wildman–Crippen MR) is 94.0 cm³/mol. The third kappa shape index (κ3) is 3.35. The first-order valence-electron chi connectivity index (χ1n) is 8.64. The first-order chi connectivity index (χ1) is 12.7. The van der Waals surface area contributed by atoms with Crippen LogP contribution < -0.4 is 0 Å². The van der Waals surface area contributed by atoms with Crippen molar-refractivity contribution in [1.82, 2.24) is 15.0 Å². The van der Waals surface area contributed by atoms with Gasteiger partial charge in [-0.2, -0.15) is 4.98 Å². The van der Waals surface area contributed by atoms with Crippen LogP contribution >= 0.6 is 0 Å². The van der Waals surface area contributed by atoms with Gasteiger partial charge in [0.1, 0.15) is 5.82 Å². The van der Waals surface area contributed by atoms with Crippen molar-refractivity contribution in [2.75, 3.05) is 13.1 Å². The minimum absolute atomic E-state index is 0.0570. The topological polar surface area (TPSA) is 59.2 Å². The minimum atomic E-state index is -0.298. The normalized spacial score (nSPS) is 15.2. The Bertz CT molecular complexity index is 885. The second kappa shape index (κ2) is 7.07. The first-order valence-corrected chi connectivity index (χ1v) is 8.64. The lowest BCUT2D eigenvalue weighted by molar-refractivity contribution is 0.0704. The number of halogens is 1. The van der Waals surface area contributed by atoms with Crippen LogP contribution in [-0.2, 0) is 0 Å². The Morgan fingerprint density at radius 1 is 1.04 bits per heavy atom. The molecule has 26 heavy (non-hydrogen) atoms. The number of nitrogens with zero attached hydrogens (tertiary/aromatic N) is 3. The molecule has 1 aliphatic heterocycles. The highest BCUT2D eigenvalue weighted by Crippen LogP contribution is 2.29. The van der Waals surface area contributed by atoms with Crippen LogP contribution in [0.5, 0.6) is 0 Å². The molecule has 0 atom stereocenters. The Morgan fingerprint density at radius 2 is 1.73 bits per heavy atom. The summed E-state index contributed by atoms with van der Waals surface area (Å²) in [6, 6.07) is 15.3. The molecular weight excluding hydrogens is 333 g/mol. The number of rotatable bonds is 3. The van der Waals surface area contributed by atoms with E-state index in [9.17, 15) is 9.18 Å². The Kier molecular flexibility index (Phi) is 4.48. The molecule has 0 bridgehead atoms. The highest BCUT2D eigenvalue weighted by Gasteiger charge is 2.28. The molecule has 6 heteroatoms. The van der Waals surface area contributed by atoms with Gasteiger partial charge in [-0.3, -0.25) is 4.79 Å². The summed E-state index contributed by atoms with van der Waals surface area (Å²) >= 11 is 0. The summed E-state index contributed by atoms with van der Waals surface area (Å²) in [7, 11) is 0. The molecule has 5 nitrogen and oxygen atoms in total. The summed E-state index contributed by atoms with van der Waals surface area (Å²) in [5.74, 6) is 0.935. The highest BCUT2D eigenvalue weighted by atomic mass is 19.1. The zero-order valence-corrected chi connectivity index (χ0v) is 14.1. The molecule has 1 aliphatic rings. The van der Waals surface area contributed by atoms with Crippen molar-refractivity contribution in [1.29, 1.82) is 0 Å². The van der Waals surface area contributed by atoms with E-state index < -0.39 is 0 Å². The van der Waals surface area contributed by atoms with Gasteiger partial charge < -0.3 is 9.42 Å². The number of carbonyl (C=O) groups is 1. The third-order valence-corrected chi connectivity index (χ3v) is 4.70. The largest absolute Gasteiger partial charge is 0.339 e. The van der Waals surface area contributed by atoms with E-state index in [1.165, 1.54) is 12.1 Å². The fourth-order valence-corrected chi connectivity index (χ4v) is 3.21. The summed E-state index contributed by atoms with van der Waals surface area (Å²) in [6.07, 6.45) is 1.56. The lowest BCUT2D eigenvalue weighted by Crippen LogP contribution is -2.37. The van der Waals surface area contributed by atoms with E-state index in [4.69, 9.17) is 4.52 Å². The first kappa shape index (κ1) is 16.4. The Labute approximate surface area is 150 Å². The number of likely N-dealkylation sites (tertiary alicyclic amines) is 1. The molecular formula is C20H18FN3O2. The van der Waals surface area contributed by atoms with Crippen molar-refractivity contribution in [3.05, 3.63) is 71.9 Å². The average Bonchev–Trinajstić information content (AvgIpc) is 3.19. The SMILES string of the molecule is O=C(c1ccccc1)N1CCC(c2nc(-c3ccc(F)cc3)no2)CC1. The van der Waals surface area contributed by atoms with Crippen molar-refractivity contribution in [2.45, 2.75) is 18.8 Å². The maximum Gasteiger partial charge on any atom is 0.253 e. The Morgan fingerprint density at radius 3 is 2.42 bits per heavy atom. The molecule has 2 heterocycles. The van der Waals surface area contributed by atoms with Gasteiger partial charge in [-0.1, -0.05) is 23.4 Å². The molecule has 132 valence electrons. The van der Waals surface area contributed by atoms with E-state index >= 15 is 0 Å². The summed E-state index contributed by atoms with van der Waals surface area (Å²) in [6.45, 7) is 1.32. The van der Waals surface area contributed by atoms with Gasteiger partial charge in [0, 0.05) is 30.1 Å². The fraction of sp³-hybridized carbons (Fsp3) is 0.250. The van der Waals surface area contributed by atoms with E-state index in [0.29, 0.717) is 30.4 Å². The third-order valence-electron chi connectivity index (χ3n) is 4.70. The van der Waals surface area contributed by atoms with Crippen LogP contribution in [0, 0.1) is 5.82 Å². The van der Waals surface area contributed by atoms with Gasteiger partial charge in [0.15, 0.2) is 0 Å². The number of amides is 1. The van der Waals surface area contributed by atoms with Gasteiger partial charge in [-0.15, -0.1) is 0 Å². The Hall–Kier alpha value is -3.02. The summed E-state index contributed by atoms with van der Waals surface area (Å²) in [5.41, 5.74) is 1.43. The number of hydrogen-bond acceptors (Lipinski definition) is 4. The van der Waals surface area contributed by atoms with Crippen LogP contribution in [0.25, 0.3) is 11.4 Å². The summed E-state index contributed by atoms with van der Waals surface area (Å²) in [4.78, 5) is 18.8. The van der Waals surface area contributed by atoms with E-state index in [1.807, 2.05) is 35.2 Å². The van der Waals surface area contributed by atoms with Gasteiger partial charge in [-0.05, 0) is 49.2 Å². The number of piperidine rings is 1. The van der Waals surface area contributed by atoms with Crippen molar-refractivity contribution >= 4 is 5.91 Å². The molecule has 1 fully saturated rings. The average molecular weight is 351 g/mol. The number of hydrogen-bond donors (Lipinski definition) is 0. The molecule has 1 amide bonds. The molecule has 4 rings (SSSR count). The smallest absolute Gasteiger partial charge is 0.253 e. The molecule has 2 aromatic carbocycles. The maximum absolute atomic E-state index is 13.0. The van der Waals surface area contributed by atoms with E-state index in [0.717, 1.165) is 18.4 Å². The summed E-state index contributed by atoms with van der Waals surface area (Å²) in [5, 5.41) is 4.00. The van der Waals surface area contributed by atoms with Gasteiger partial charge in [0.25, 0.3) is 5.91 Å². The molecule has 1 saturated heterocycles. The van der Waals surface area contributed by atoms with Gasteiger partial charge >= 0.3 is 0 Å². The Balaban J connectivity index is 1.41. The molecule has 0 aliphatic carbocycles. The predicted octanol–water partition coefficient (Wildman–Crippen LogP) is 3.90. The van der Waals surface area contributed by atoms with E-state index in [-0.39, 0.29) is 17.6 Å². The second-order valence-corrected chi connectivity index (χ2v) is 6.40. The van der Waals surface area contributed by atoms with Crippen molar-refractivity contribution in [3.63, 3.8) is 0 Å². The molecule has 0 N–H and O–H groups in total. The van der Waals surface area contributed by atoms with Crippen LogP contribution in [0.3, 0.4) is 0 Å². The standard InChI is InChI=1S/C20H18FN3O2/c21-17-8-6-14(7-9-17)18-22-19(26-23-18)15-10-12-24(13-11-15)20(25)16-4-2-1-3-5-16/h1-9,15H,10-13H2. The van der Waals surface area contributed by atoms with Crippen LogP contribution in [-0.4, -0.2) is 34.0 Å². The number of aromatic nitrogens is 2. The van der Waals surface area contributed by atoms with Gasteiger partial charge in [0.05, 0.1) is 0 Å². The fourth-order valence-electron chi connectivity index (χ4n) is 3.21. The lowest BCUT2D eigenvalue weighted by atomic mass is 9.96. The van der Waals surface area contributed by atoms with E-state index in [2.05, 4.69) is 10.1 Å².